The number of β-amino-alcohol motifs (C(OH)–C–C–N with tert-alkyl or cyclic N) is 1. The van der Waals surface area contributed by atoms with E-state index in [1.54, 1.807) is 33.1 Å². The first-order valence-corrected chi connectivity index (χ1v) is 12.6. The maximum absolute atomic E-state index is 14.0. The summed E-state index contributed by atoms with van der Waals surface area (Å²) < 4.78 is 30.5. The van der Waals surface area contributed by atoms with Gasteiger partial charge in [-0.1, -0.05) is 24.3 Å². The maximum atomic E-state index is 14.0. The molecule has 0 radical (unpaired) electrons. The highest BCUT2D eigenvalue weighted by molar-refractivity contribution is 5.88. The second kappa shape index (κ2) is 13.5. The van der Waals surface area contributed by atoms with E-state index >= 15 is 0 Å². The van der Waals surface area contributed by atoms with Crippen LogP contribution in [0.4, 0.5) is 4.39 Å². The van der Waals surface area contributed by atoms with Crippen molar-refractivity contribution in [2.75, 3.05) is 33.4 Å². The molecule has 1 aliphatic rings. The van der Waals surface area contributed by atoms with Crippen LogP contribution in [-0.4, -0.2) is 61.5 Å². The molecule has 36 heavy (non-hydrogen) atoms. The van der Waals surface area contributed by atoms with Crippen molar-refractivity contribution in [3.8, 4) is 5.75 Å². The lowest BCUT2D eigenvalue weighted by atomic mass is 10.0. The van der Waals surface area contributed by atoms with Crippen LogP contribution >= 0.6 is 0 Å². The number of benzene rings is 2. The molecule has 0 saturated carbocycles. The van der Waals surface area contributed by atoms with E-state index in [2.05, 4.69) is 4.90 Å². The van der Waals surface area contributed by atoms with Crippen LogP contribution in [-0.2, 0) is 20.7 Å². The number of likely N-dealkylation sites (tertiary alicyclic amines) is 1. The average molecular weight is 500 g/mol. The van der Waals surface area contributed by atoms with E-state index in [1.807, 2.05) is 37.3 Å². The van der Waals surface area contributed by atoms with Gasteiger partial charge in [0.1, 0.15) is 11.6 Å². The van der Waals surface area contributed by atoms with Gasteiger partial charge in [0.2, 0.25) is 0 Å². The number of hydrogen-bond acceptors (Lipinski definition) is 6. The third-order valence-corrected chi connectivity index (χ3v) is 6.62. The molecule has 3 rings (SSSR count). The van der Waals surface area contributed by atoms with Gasteiger partial charge in [0.25, 0.3) is 0 Å². The molecule has 7 heteroatoms. The fourth-order valence-electron chi connectivity index (χ4n) is 4.68. The Bertz CT molecular complexity index is 1040. The summed E-state index contributed by atoms with van der Waals surface area (Å²) in [5.74, 6) is 0.0249. The van der Waals surface area contributed by atoms with Gasteiger partial charge in [0, 0.05) is 24.2 Å². The molecule has 1 saturated heterocycles. The van der Waals surface area contributed by atoms with Crippen molar-refractivity contribution in [2.45, 2.75) is 58.3 Å². The molecule has 1 heterocycles. The molecule has 2 aromatic rings. The van der Waals surface area contributed by atoms with E-state index in [0.29, 0.717) is 24.5 Å². The first kappa shape index (κ1) is 27.8. The summed E-state index contributed by atoms with van der Waals surface area (Å²) in [6.45, 7) is 7.32. The Kier molecular flexibility index (Phi) is 10.5. The molecule has 0 aliphatic carbocycles. The van der Waals surface area contributed by atoms with E-state index < -0.39 is 12.1 Å². The van der Waals surface area contributed by atoms with Crippen LogP contribution in [0, 0.1) is 12.7 Å². The molecular weight excluding hydrogens is 461 g/mol. The summed E-state index contributed by atoms with van der Waals surface area (Å²) in [5.41, 5.74) is 3.22. The van der Waals surface area contributed by atoms with Crippen LogP contribution in [0.3, 0.4) is 0 Å². The van der Waals surface area contributed by atoms with E-state index in [9.17, 15) is 14.3 Å². The van der Waals surface area contributed by atoms with Crippen molar-refractivity contribution in [2.24, 2.45) is 0 Å². The fraction of sp³-hybridized carbons (Fsp3) is 0.483. The molecule has 196 valence electrons. The number of nitrogens with zero attached hydrogens (tertiary/aromatic N) is 1. The topological polar surface area (TPSA) is 68.2 Å². The molecule has 0 spiro atoms. The van der Waals surface area contributed by atoms with Crippen LogP contribution < -0.4 is 4.74 Å². The SMILES string of the molecule is CCOC(=O)C=Cc1c(OC)cccc1[C@@H](C)OC[C@H](O)CN1CCC[C@H]1Cc1ccc(C)c(F)c1. The second-order valence-electron chi connectivity index (χ2n) is 9.26. The monoisotopic (exact) mass is 499 g/mol. The van der Waals surface area contributed by atoms with Gasteiger partial charge >= 0.3 is 5.97 Å². The number of methoxy groups -OCH3 is 1. The summed E-state index contributed by atoms with van der Waals surface area (Å²) in [6, 6.07) is 11.3. The number of ether oxygens (including phenoxy) is 3. The van der Waals surface area contributed by atoms with Crippen LogP contribution in [0.5, 0.6) is 5.75 Å². The number of carbonyl (C=O) groups is 1. The fourth-order valence-corrected chi connectivity index (χ4v) is 4.68. The quantitative estimate of drug-likeness (QED) is 0.332. The molecule has 2 aromatic carbocycles. The van der Waals surface area contributed by atoms with Gasteiger partial charge < -0.3 is 19.3 Å². The van der Waals surface area contributed by atoms with Gasteiger partial charge in [-0.05, 0) is 81.5 Å². The van der Waals surface area contributed by atoms with Gasteiger partial charge in [-0.15, -0.1) is 0 Å². The number of carbonyl (C=O) groups excluding carboxylic acids is 1. The van der Waals surface area contributed by atoms with Gasteiger partial charge in [-0.2, -0.15) is 0 Å². The number of aliphatic hydroxyl groups is 1. The lowest BCUT2D eigenvalue weighted by Gasteiger charge is -2.28. The number of esters is 1. The van der Waals surface area contributed by atoms with E-state index in [1.165, 1.54) is 6.08 Å². The third kappa shape index (κ3) is 7.63. The largest absolute Gasteiger partial charge is 0.496 e. The molecule has 1 N–H and O–H groups in total. The zero-order valence-electron chi connectivity index (χ0n) is 21.7. The summed E-state index contributed by atoms with van der Waals surface area (Å²) in [4.78, 5) is 14.1. The highest BCUT2D eigenvalue weighted by Gasteiger charge is 2.27. The van der Waals surface area contributed by atoms with Gasteiger partial charge in [0.05, 0.1) is 32.5 Å². The van der Waals surface area contributed by atoms with Crippen molar-refractivity contribution in [3.63, 3.8) is 0 Å². The maximum Gasteiger partial charge on any atom is 0.330 e. The number of aryl methyl sites for hydroxylation is 1. The Morgan fingerprint density at radius 3 is 2.83 bits per heavy atom. The molecule has 1 fully saturated rings. The van der Waals surface area contributed by atoms with Crippen molar-refractivity contribution in [1.82, 2.24) is 4.90 Å². The minimum Gasteiger partial charge on any atom is -0.496 e. The summed E-state index contributed by atoms with van der Waals surface area (Å²) in [6.07, 6.45) is 4.91. The van der Waals surface area contributed by atoms with Crippen LogP contribution in [0.15, 0.2) is 42.5 Å². The van der Waals surface area contributed by atoms with Crippen molar-refractivity contribution in [1.29, 1.82) is 0 Å². The smallest absolute Gasteiger partial charge is 0.330 e. The minimum absolute atomic E-state index is 0.168. The van der Waals surface area contributed by atoms with Crippen LogP contribution in [0.1, 0.15) is 55.0 Å². The zero-order valence-corrected chi connectivity index (χ0v) is 21.7. The zero-order chi connectivity index (χ0) is 26.1. The number of rotatable bonds is 12. The highest BCUT2D eigenvalue weighted by atomic mass is 19.1. The number of hydrogen-bond donors (Lipinski definition) is 1. The summed E-state index contributed by atoms with van der Waals surface area (Å²) in [7, 11) is 1.58. The Hall–Kier alpha value is -2.74. The predicted molar refractivity (Wildman–Crippen MR) is 138 cm³/mol. The van der Waals surface area contributed by atoms with E-state index in [-0.39, 0.29) is 24.6 Å². The summed E-state index contributed by atoms with van der Waals surface area (Å²) in [5, 5.41) is 10.7. The lowest BCUT2D eigenvalue weighted by molar-refractivity contribution is -0.137. The first-order chi connectivity index (χ1) is 17.3. The molecule has 0 amide bonds. The van der Waals surface area contributed by atoms with Crippen molar-refractivity contribution >= 4 is 12.0 Å². The van der Waals surface area contributed by atoms with Crippen molar-refractivity contribution in [3.05, 3.63) is 70.5 Å². The third-order valence-electron chi connectivity index (χ3n) is 6.62. The molecule has 1 aliphatic heterocycles. The van der Waals surface area contributed by atoms with Gasteiger partial charge in [-0.25, -0.2) is 9.18 Å². The minimum atomic E-state index is -0.660. The van der Waals surface area contributed by atoms with Gasteiger partial charge in [-0.3, -0.25) is 4.90 Å². The highest BCUT2D eigenvalue weighted by Crippen LogP contribution is 2.30. The Morgan fingerprint density at radius 1 is 1.31 bits per heavy atom. The molecule has 6 nitrogen and oxygen atoms in total. The number of halogens is 1. The normalized spacial score (nSPS) is 17.9. The first-order valence-electron chi connectivity index (χ1n) is 12.6. The molecule has 0 aromatic heterocycles. The Labute approximate surface area is 213 Å². The predicted octanol–water partition coefficient (Wildman–Crippen LogP) is 4.86. The Morgan fingerprint density at radius 2 is 2.11 bits per heavy atom. The standard InChI is InChI=1S/C29H38FNO5/c1-5-35-29(33)14-13-26-25(9-6-10-28(26)34-4)21(3)36-19-24(32)18-31-15-7-8-23(31)16-22-12-11-20(2)27(30)17-22/h6,9-14,17,21,23-24,32H,5,7-8,15-16,18-19H2,1-4H3/t21-,23+,24-/m1/s1. The average Bonchev–Trinajstić information content (AvgIpc) is 3.29. The van der Waals surface area contributed by atoms with Gasteiger partial charge in [0.15, 0.2) is 0 Å². The molecule has 3 atom stereocenters. The van der Waals surface area contributed by atoms with E-state index in [4.69, 9.17) is 14.2 Å². The van der Waals surface area contributed by atoms with Crippen LogP contribution in [0.25, 0.3) is 6.08 Å². The molecular formula is C29H38FNO5. The Balaban J connectivity index is 1.59. The second-order valence-corrected chi connectivity index (χ2v) is 9.26. The lowest BCUT2D eigenvalue weighted by Crippen LogP contribution is -2.39. The molecule has 0 bridgehead atoms. The number of aliphatic hydroxyl groups excluding tert-OH is 1. The van der Waals surface area contributed by atoms with Crippen LogP contribution in [0.2, 0.25) is 0 Å². The molecule has 0 unspecified atom stereocenters. The van der Waals surface area contributed by atoms with Crippen molar-refractivity contribution < 1.29 is 28.5 Å². The summed E-state index contributed by atoms with van der Waals surface area (Å²) >= 11 is 0. The van der Waals surface area contributed by atoms with E-state index in [0.717, 1.165) is 42.5 Å².